The molecule has 0 aromatic heterocycles. The number of amides is 1. The molecule has 0 N–H and O–H groups in total. The van der Waals surface area contributed by atoms with Crippen LogP contribution in [0.4, 0.5) is 0 Å². The van der Waals surface area contributed by atoms with Crippen LogP contribution in [0.25, 0.3) is 0 Å². The van der Waals surface area contributed by atoms with Crippen molar-refractivity contribution < 1.29 is 17.9 Å². The first-order valence-electron chi connectivity index (χ1n) is 10.0. The number of hydrogen-bond acceptors (Lipinski definition) is 4. The molecule has 1 heterocycles. The van der Waals surface area contributed by atoms with Crippen LogP contribution in [0.3, 0.4) is 0 Å². The summed E-state index contributed by atoms with van der Waals surface area (Å²) in [6, 6.07) is 13.2. The Balaban J connectivity index is 1.65. The SMILES string of the molecule is CC1CCCCN1S(=O)(=O)c1cccc(C(=O)N(C)CCOc2ccc(Cl)cc2)c1. The second-order valence-corrected chi connectivity index (χ2v) is 9.84. The van der Waals surface area contributed by atoms with Crippen molar-refractivity contribution in [2.75, 3.05) is 26.7 Å². The van der Waals surface area contributed by atoms with Gasteiger partial charge in [-0.05, 0) is 62.2 Å². The van der Waals surface area contributed by atoms with Crippen molar-refractivity contribution in [3.05, 3.63) is 59.1 Å². The molecule has 0 radical (unpaired) electrons. The van der Waals surface area contributed by atoms with Gasteiger partial charge in [0.05, 0.1) is 11.4 Å². The van der Waals surface area contributed by atoms with Crippen molar-refractivity contribution in [1.29, 1.82) is 0 Å². The zero-order valence-corrected chi connectivity index (χ0v) is 18.8. The van der Waals surface area contributed by atoms with Gasteiger partial charge in [-0.15, -0.1) is 0 Å². The molecule has 0 bridgehead atoms. The van der Waals surface area contributed by atoms with Crippen LogP contribution in [0.15, 0.2) is 53.4 Å². The standard InChI is InChI=1S/C22H27ClN2O4S/c1-17-6-3-4-13-25(17)30(27,28)21-8-5-7-18(16-21)22(26)24(2)14-15-29-20-11-9-19(23)10-12-20/h5,7-12,16-17H,3-4,6,13-15H2,1-2H3. The summed E-state index contributed by atoms with van der Waals surface area (Å²) in [5.41, 5.74) is 0.342. The normalized spacial score (nSPS) is 17.5. The molecule has 6 nitrogen and oxygen atoms in total. The number of halogens is 1. The Hall–Kier alpha value is -2.09. The van der Waals surface area contributed by atoms with Gasteiger partial charge < -0.3 is 9.64 Å². The van der Waals surface area contributed by atoms with Gasteiger partial charge in [0.1, 0.15) is 12.4 Å². The average molecular weight is 451 g/mol. The van der Waals surface area contributed by atoms with Crippen LogP contribution >= 0.6 is 11.6 Å². The second-order valence-electron chi connectivity index (χ2n) is 7.52. The van der Waals surface area contributed by atoms with Crippen molar-refractivity contribution in [1.82, 2.24) is 9.21 Å². The minimum absolute atomic E-state index is 0.0317. The lowest BCUT2D eigenvalue weighted by atomic mass is 10.1. The molecule has 162 valence electrons. The lowest BCUT2D eigenvalue weighted by Crippen LogP contribution is -2.42. The summed E-state index contributed by atoms with van der Waals surface area (Å²) in [5, 5.41) is 0.628. The van der Waals surface area contributed by atoms with Gasteiger partial charge in [0.25, 0.3) is 5.91 Å². The highest BCUT2D eigenvalue weighted by atomic mass is 35.5. The van der Waals surface area contributed by atoms with E-state index in [1.807, 2.05) is 6.92 Å². The number of rotatable bonds is 7. The Bertz CT molecular complexity index is 979. The smallest absolute Gasteiger partial charge is 0.253 e. The first-order valence-corrected chi connectivity index (χ1v) is 11.9. The lowest BCUT2D eigenvalue weighted by molar-refractivity contribution is 0.0773. The molecule has 1 fully saturated rings. The molecule has 2 aromatic carbocycles. The quantitative estimate of drug-likeness (QED) is 0.638. The van der Waals surface area contributed by atoms with Crippen LogP contribution in [0, 0.1) is 0 Å². The predicted molar refractivity (Wildman–Crippen MR) is 118 cm³/mol. The number of likely N-dealkylation sites (N-methyl/N-ethyl adjacent to an activating group) is 1. The third-order valence-electron chi connectivity index (χ3n) is 5.29. The molecule has 2 aromatic rings. The van der Waals surface area contributed by atoms with E-state index in [-0.39, 0.29) is 16.8 Å². The molecule has 8 heteroatoms. The topological polar surface area (TPSA) is 66.9 Å². The van der Waals surface area contributed by atoms with Gasteiger partial charge in [-0.1, -0.05) is 24.1 Å². The summed E-state index contributed by atoms with van der Waals surface area (Å²) in [6.07, 6.45) is 2.75. The predicted octanol–water partition coefficient (Wildman–Crippen LogP) is 4.05. The number of ether oxygens (including phenoxy) is 1. The van der Waals surface area contributed by atoms with Crippen LogP contribution in [0.2, 0.25) is 5.02 Å². The van der Waals surface area contributed by atoms with E-state index in [0.717, 1.165) is 19.3 Å². The summed E-state index contributed by atoms with van der Waals surface area (Å²) in [4.78, 5) is 14.5. The van der Waals surface area contributed by atoms with Crippen molar-refractivity contribution in [3.63, 3.8) is 0 Å². The van der Waals surface area contributed by atoms with E-state index in [2.05, 4.69) is 0 Å². The minimum atomic E-state index is -3.62. The van der Waals surface area contributed by atoms with Gasteiger partial charge in [0.2, 0.25) is 10.0 Å². The maximum absolute atomic E-state index is 13.1. The zero-order valence-electron chi connectivity index (χ0n) is 17.3. The third kappa shape index (κ3) is 5.33. The summed E-state index contributed by atoms with van der Waals surface area (Å²) in [7, 11) is -1.95. The first kappa shape index (κ1) is 22.6. The van der Waals surface area contributed by atoms with Gasteiger partial charge in [0.15, 0.2) is 0 Å². The highest BCUT2D eigenvalue weighted by Gasteiger charge is 2.31. The summed E-state index contributed by atoms with van der Waals surface area (Å²) < 4.78 is 33.3. The molecule has 3 rings (SSSR count). The molecule has 30 heavy (non-hydrogen) atoms. The van der Waals surface area contributed by atoms with Gasteiger partial charge in [0, 0.05) is 30.2 Å². The fraction of sp³-hybridized carbons (Fsp3) is 0.409. The van der Waals surface area contributed by atoms with Crippen LogP contribution in [-0.2, 0) is 10.0 Å². The Morgan fingerprint density at radius 2 is 1.93 bits per heavy atom. The van der Waals surface area contributed by atoms with Crippen LogP contribution in [0.5, 0.6) is 5.75 Å². The molecule has 0 spiro atoms. The number of nitrogens with zero attached hydrogens (tertiary/aromatic N) is 2. The lowest BCUT2D eigenvalue weighted by Gasteiger charge is -2.32. The number of carbonyl (C=O) groups is 1. The minimum Gasteiger partial charge on any atom is -0.492 e. The van der Waals surface area contributed by atoms with E-state index in [1.54, 1.807) is 53.8 Å². The number of piperidine rings is 1. The van der Waals surface area contributed by atoms with E-state index in [4.69, 9.17) is 16.3 Å². The van der Waals surface area contributed by atoms with E-state index >= 15 is 0 Å². The number of hydrogen-bond donors (Lipinski definition) is 0. The molecule has 0 saturated carbocycles. The van der Waals surface area contributed by atoms with Gasteiger partial charge in [-0.2, -0.15) is 4.31 Å². The molecule has 1 amide bonds. The van der Waals surface area contributed by atoms with Crippen molar-refractivity contribution in [2.45, 2.75) is 37.1 Å². The summed E-state index contributed by atoms with van der Waals surface area (Å²) in [6.45, 7) is 3.12. The average Bonchev–Trinajstić information content (AvgIpc) is 2.75. The third-order valence-corrected chi connectivity index (χ3v) is 7.55. The molecule has 1 saturated heterocycles. The Morgan fingerprint density at radius 3 is 2.63 bits per heavy atom. The monoisotopic (exact) mass is 450 g/mol. The fourth-order valence-electron chi connectivity index (χ4n) is 3.51. The molecular weight excluding hydrogens is 424 g/mol. The van der Waals surface area contributed by atoms with Crippen LogP contribution < -0.4 is 4.74 Å². The number of sulfonamides is 1. The Kier molecular flexibility index (Phi) is 7.39. The Labute approximate surface area is 183 Å². The van der Waals surface area contributed by atoms with Gasteiger partial charge in [-0.3, -0.25) is 4.79 Å². The van der Waals surface area contributed by atoms with E-state index in [1.165, 1.54) is 11.0 Å². The molecular formula is C22H27ClN2O4S. The molecule has 1 aliphatic rings. The van der Waals surface area contributed by atoms with E-state index in [0.29, 0.717) is 36.0 Å². The maximum Gasteiger partial charge on any atom is 0.253 e. The first-order chi connectivity index (χ1) is 14.3. The van der Waals surface area contributed by atoms with Gasteiger partial charge in [-0.25, -0.2) is 8.42 Å². The second kappa shape index (κ2) is 9.81. The van der Waals surface area contributed by atoms with Gasteiger partial charge >= 0.3 is 0 Å². The zero-order chi connectivity index (χ0) is 21.7. The van der Waals surface area contributed by atoms with E-state index in [9.17, 15) is 13.2 Å². The highest BCUT2D eigenvalue weighted by molar-refractivity contribution is 7.89. The molecule has 0 aliphatic carbocycles. The fourth-order valence-corrected chi connectivity index (χ4v) is 5.38. The van der Waals surface area contributed by atoms with Crippen molar-refractivity contribution in [3.8, 4) is 5.75 Å². The van der Waals surface area contributed by atoms with Crippen LogP contribution in [-0.4, -0.2) is 56.3 Å². The number of carbonyl (C=O) groups excluding carboxylic acids is 1. The maximum atomic E-state index is 13.1. The molecule has 1 unspecified atom stereocenters. The summed E-state index contributed by atoms with van der Waals surface area (Å²) >= 11 is 5.85. The van der Waals surface area contributed by atoms with E-state index < -0.39 is 10.0 Å². The highest BCUT2D eigenvalue weighted by Crippen LogP contribution is 2.25. The van der Waals surface area contributed by atoms with Crippen molar-refractivity contribution >= 4 is 27.5 Å². The molecule has 1 aliphatic heterocycles. The van der Waals surface area contributed by atoms with Crippen LogP contribution in [0.1, 0.15) is 36.5 Å². The Morgan fingerprint density at radius 1 is 1.20 bits per heavy atom. The van der Waals surface area contributed by atoms with Crippen molar-refractivity contribution in [2.24, 2.45) is 0 Å². The number of benzene rings is 2. The largest absolute Gasteiger partial charge is 0.492 e. The summed E-state index contributed by atoms with van der Waals surface area (Å²) in [5.74, 6) is 0.419. The molecule has 1 atom stereocenters.